The molecule has 0 aliphatic heterocycles. The van der Waals surface area contributed by atoms with Gasteiger partial charge in [0, 0.05) is 39.6 Å². The van der Waals surface area contributed by atoms with Crippen LogP contribution in [-0.2, 0) is 0 Å². The first kappa shape index (κ1) is 19.2. The van der Waals surface area contributed by atoms with Crippen LogP contribution < -0.4 is 0 Å². The van der Waals surface area contributed by atoms with Crippen molar-refractivity contribution in [3.63, 3.8) is 0 Å². The highest BCUT2D eigenvalue weighted by atomic mass is 15.2. The number of benzene rings is 4. The van der Waals surface area contributed by atoms with Crippen molar-refractivity contribution >= 4 is 54.6 Å². The van der Waals surface area contributed by atoms with Crippen LogP contribution in [0.5, 0.6) is 0 Å². The molecule has 0 aliphatic rings. The molecule has 0 radical (unpaired) electrons. The highest BCUT2D eigenvalue weighted by Gasteiger charge is 2.21. The number of rotatable bonds is 2. The minimum atomic E-state index is 0.592. The first-order chi connectivity index (χ1) is 17.9. The van der Waals surface area contributed by atoms with E-state index in [2.05, 4.69) is 110 Å². The number of hydrogen-bond acceptors (Lipinski definition) is 4. The van der Waals surface area contributed by atoms with Gasteiger partial charge in [-0.25, -0.2) is 15.0 Å². The maximum absolute atomic E-state index is 4.82. The Labute approximate surface area is 205 Å². The van der Waals surface area contributed by atoms with Crippen LogP contribution in [-0.4, -0.2) is 29.1 Å². The molecule has 0 unspecified atom stereocenters. The molecule has 0 atom stereocenters. The topological polar surface area (TPSA) is 61.4 Å². The van der Waals surface area contributed by atoms with Gasteiger partial charge in [-0.3, -0.25) is 4.57 Å². The second-order valence-corrected chi connectivity index (χ2v) is 8.87. The normalized spacial score (nSPS) is 11.9. The van der Waals surface area contributed by atoms with Crippen LogP contribution in [0.25, 0.3) is 66.3 Å². The summed E-state index contributed by atoms with van der Waals surface area (Å²) in [5.74, 6) is 0.592. The maximum atomic E-state index is 4.82. The average molecular weight is 463 g/mol. The Balaban J connectivity index is 1.59. The van der Waals surface area contributed by atoms with Crippen molar-refractivity contribution in [2.75, 3.05) is 0 Å². The molecule has 0 fully saturated rings. The molecular weight excluding hydrogens is 444 g/mol. The number of nitrogens with zero attached hydrogens (tertiary/aromatic N) is 6. The van der Waals surface area contributed by atoms with Gasteiger partial charge in [-0.1, -0.05) is 60.7 Å². The number of aromatic nitrogens is 6. The monoisotopic (exact) mass is 462 g/mol. The van der Waals surface area contributed by atoms with Crippen molar-refractivity contribution < 1.29 is 0 Å². The van der Waals surface area contributed by atoms with Gasteiger partial charge in [0.15, 0.2) is 5.65 Å². The highest BCUT2D eigenvalue weighted by molar-refractivity contribution is 6.26. The van der Waals surface area contributed by atoms with Gasteiger partial charge < -0.3 is 4.57 Å². The standard InChI is InChI=1S/C30H18N6/c1-2-8-20(9-3-1)35-24-12-6-4-10-21(24)22-14-15-26-27(28(22)35)23-11-5-7-13-25(23)36(26)30-32-17-19-16-31-18-33-29(19)34-30/h1-18H. The molecule has 6 nitrogen and oxygen atoms in total. The van der Waals surface area contributed by atoms with Gasteiger partial charge in [-0.15, -0.1) is 0 Å². The van der Waals surface area contributed by atoms with E-state index in [-0.39, 0.29) is 0 Å². The summed E-state index contributed by atoms with van der Waals surface area (Å²) in [4.78, 5) is 18.0. The fraction of sp³-hybridized carbons (Fsp3) is 0. The molecule has 4 aromatic carbocycles. The lowest BCUT2D eigenvalue weighted by atomic mass is 10.1. The van der Waals surface area contributed by atoms with Crippen molar-refractivity contribution in [2.45, 2.75) is 0 Å². The summed E-state index contributed by atoms with van der Waals surface area (Å²) in [6.07, 6.45) is 5.05. The van der Waals surface area contributed by atoms with E-state index >= 15 is 0 Å². The molecule has 0 spiro atoms. The predicted octanol–water partition coefficient (Wildman–Crippen LogP) is 6.61. The lowest BCUT2D eigenvalue weighted by Crippen LogP contribution is -2.02. The number of hydrogen-bond donors (Lipinski definition) is 0. The Morgan fingerprint density at radius 2 is 1.31 bits per heavy atom. The van der Waals surface area contributed by atoms with Crippen LogP contribution in [0.3, 0.4) is 0 Å². The van der Waals surface area contributed by atoms with Crippen molar-refractivity contribution in [2.24, 2.45) is 0 Å². The molecule has 0 bridgehead atoms. The van der Waals surface area contributed by atoms with Crippen LogP contribution >= 0.6 is 0 Å². The molecule has 0 saturated heterocycles. The molecule has 36 heavy (non-hydrogen) atoms. The molecule has 0 saturated carbocycles. The third-order valence-electron chi connectivity index (χ3n) is 6.93. The molecule has 0 N–H and O–H groups in total. The maximum Gasteiger partial charge on any atom is 0.236 e. The molecule has 0 aliphatic carbocycles. The van der Waals surface area contributed by atoms with Gasteiger partial charge in [0.05, 0.1) is 27.5 Å². The summed E-state index contributed by atoms with van der Waals surface area (Å²) in [6.45, 7) is 0. The van der Waals surface area contributed by atoms with Crippen molar-refractivity contribution in [1.29, 1.82) is 0 Å². The second kappa shape index (κ2) is 7.20. The summed E-state index contributed by atoms with van der Waals surface area (Å²) >= 11 is 0. The third-order valence-corrected chi connectivity index (χ3v) is 6.93. The molecule has 4 heterocycles. The summed E-state index contributed by atoms with van der Waals surface area (Å²) < 4.78 is 4.51. The van der Waals surface area contributed by atoms with Crippen molar-refractivity contribution in [3.05, 3.63) is 110 Å². The molecule has 8 aromatic rings. The second-order valence-electron chi connectivity index (χ2n) is 8.87. The van der Waals surface area contributed by atoms with Crippen LogP contribution in [0.2, 0.25) is 0 Å². The molecule has 168 valence electrons. The highest BCUT2D eigenvalue weighted by Crippen LogP contribution is 2.41. The molecule has 6 heteroatoms. The predicted molar refractivity (Wildman–Crippen MR) is 144 cm³/mol. The van der Waals surface area contributed by atoms with Gasteiger partial charge in [0.2, 0.25) is 5.95 Å². The van der Waals surface area contributed by atoms with E-state index in [1.54, 1.807) is 12.4 Å². The first-order valence-corrected chi connectivity index (χ1v) is 11.8. The van der Waals surface area contributed by atoms with Crippen LogP contribution in [0, 0.1) is 0 Å². The lowest BCUT2D eigenvalue weighted by Gasteiger charge is -2.09. The van der Waals surface area contributed by atoms with E-state index < -0.39 is 0 Å². The van der Waals surface area contributed by atoms with E-state index in [9.17, 15) is 0 Å². The fourth-order valence-corrected chi connectivity index (χ4v) is 5.45. The fourth-order valence-electron chi connectivity index (χ4n) is 5.45. The smallest absolute Gasteiger partial charge is 0.236 e. The van der Waals surface area contributed by atoms with Crippen LogP contribution in [0.4, 0.5) is 0 Å². The summed E-state index contributed by atoms with van der Waals surface area (Å²) in [5, 5.41) is 5.60. The summed E-state index contributed by atoms with van der Waals surface area (Å²) in [5.41, 5.74) is 6.22. The number of fused-ring (bicyclic) bond motifs is 8. The van der Waals surface area contributed by atoms with Gasteiger partial charge in [0.25, 0.3) is 0 Å². The molecule has 4 aromatic heterocycles. The molecule has 0 amide bonds. The zero-order valence-electron chi connectivity index (χ0n) is 19.1. The largest absolute Gasteiger partial charge is 0.309 e. The Hall–Kier alpha value is -5.10. The molecular formula is C30H18N6. The van der Waals surface area contributed by atoms with Crippen LogP contribution in [0.15, 0.2) is 110 Å². The Bertz CT molecular complexity index is 2100. The zero-order chi connectivity index (χ0) is 23.6. The minimum Gasteiger partial charge on any atom is -0.309 e. The summed E-state index contributed by atoms with van der Waals surface area (Å²) in [7, 11) is 0. The Kier molecular flexibility index (Phi) is 3.85. The van der Waals surface area contributed by atoms with Crippen LogP contribution in [0.1, 0.15) is 0 Å². The minimum absolute atomic E-state index is 0.592. The lowest BCUT2D eigenvalue weighted by molar-refractivity contribution is 0.996. The van der Waals surface area contributed by atoms with Gasteiger partial charge in [0.1, 0.15) is 6.33 Å². The van der Waals surface area contributed by atoms with Crippen molar-refractivity contribution in [1.82, 2.24) is 29.1 Å². The van der Waals surface area contributed by atoms with Gasteiger partial charge in [-0.2, -0.15) is 4.98 Å². The quantitative estimate of drug-likeness (QED) is 0.290. The average Bonchev–Trinajstić information content (AvgIpc) is 3.46. The Morgan fingerprint density at radius 1 is 0.556 bits per heavy atom. The van der Waals surface area contributed by atoms with E-state index in [0.29, 0.717) is 11.6 Å². The Morgan fingerprint density at radius 3 is 2.17 bits per heavy atom. The van der Waals surface area contributed by atoms with E-state index in [1.165, 1.54) is 33.5 Å². The molecule has 8 rings (SSSR count). The van der Waals surface area contributed by atoms with E-state index in [0.717, 1.165) is 27.5 Å². The third kappa shape index (κ3) is 2.55. The van der Waals surface area contributed by atoms with Gasteiger partial charge >= 0.3 is 0 Å². The number of para-hydroxylation sites is 3. The van der Waals surface area contributed by atoms with Gasteiger partial charge in [-0.05, 0) is 30.3 Å². The summed E-state index contributed by atoms with van der Waals surface area (Å²) in [6, 6.07) is 32.0. The first-order valence-electron chi connectivity index (χ1n) is 11.8. The van der Waals surface area contributed by atoms with E-state index in [1.807, 2.05) is 0 Å². The SMILES string of the molecule is c1ccc(-n2c3ccccc3c3ccc4c(c5ccccc5n4-c4ncc5cncnc5n4)c32)cc1. The van der Waals surface area contributed by atoms with Crippen molar-refractivity contribution in [3.8, 4) is 11.6 Å². The van der Waals surface area contributed by atoms with E-state index in [4.69, 9.17) is 9.97 Å². The zero-order valence-corrected chi connectivity index (χ0v) is 19.1.